The van der Waals surface area contributed by atoms with Gasteiger partial charge in [-0.25, -0.2) is 4.39 Å². The first kappa shape index (κ1) is 18.1. The van der Waals surface area contributed by atoms with Crippen LogP contribution in [0.25, 0.3) is 11.4 Å². The molecule has 7 heteroatoms. The van der Waals surface area contributed by atoms with Crippen molar-refractivity contribution in [3.8, 4) is 17.1 Å². The predicted molar refractivity (Wildman–Crippen MR) is 99.0 cm³/mol. The third-order valence-electron chi connectivity index (χ3n) is 3.96. The Morgan fingerprint density at radius 2 is 1.85 bits per heavy atom. The first-order valence-corrected chi connectivity index (χ1v) is 8.88. The Kier molecular flexibility index (Phi) is 5.37. The van der Waals surface area contributed by atoms with Crippen molar-refractivity contribution >= 4 is 17.5 Å². The minimum absolute atomic E-state index is 0.0863. The second kappa shape index (κ2) is 7.70. The maximum absolute atomic E-state index is 13.0. The normalized spacial score (nSPS) is 12.0. The molecule has 0 radical (unpaired) electrons. The van der Waals surface area contributed by atoms with Gasteiger partial charge in [0.25, 0.3) is 0 Å². The van der Waals surface area contributed by atoms with E-state index in [-0.39, 0.29) is 16.9 Å². The topological polar surface area (TPSA) is 57.0 Å². The number of aromatic nitrogens is 3. The Morgan fingerprint density at radius 3 is 2.54 bits per heavy atom. The zero-order valence-electron chi connectivity index (χ0n) is 14.6. The van der Waals surface area contributed by atoms with E-state index in [2.05, 4.69) is 10.2 Å². The number of nitrogens with zero attached hydrogens (tertiary/aromatic N) is 3. The van der Waals surface area contributed by atoms with Gasteiger partial charge < -0.3 is 9.30 Å². The van der Waals surface area contributed by atoms with Crippen LogP contribution in [-0.4, -0.2) is 32.9 Å². The number of Topliss-reactive ketones (excluding diaryl/α,β-unsaturated/α-hetero) is 1. The molecule has 1 heterocycles. The van der Waals surface area contributed by atoms with Crippen molar-refractivity contribution in [2.24, 2.45) is 7.05 Å². The highest BCUT2D eigenvalue weighted by Gasteiger charge is 2.21. The van der Waals surface area contributed by atoms with Crippen LogP contribution in [0.2, 0.25) is 0 Å². The Hall–Kier alpha value is -2.67. The van der Waals surface area contributed by atoms with Gasteiger partial charge in [-0.1, -0.05) is 23.9 Å². The van der Waals surface area contributed by atoms with E-state index >= 15 is 0 Å². The molecule has 1 aromatic heterocycles. The zero-order chi connectivity index (χ0) is 18.7. The molecule has 1 atom stereocenters. The van der Waals surface area contributed by atoms with Crippen LogP contribution in [-0.2, 0) is 7.05 Å². The van der Waals surface area contributed by atoms with E-state index in [0.29, 0.717) is 22.3 Å². The summed E-state index contributed by atoms with van der Waals surface area (Å²) < 4.78 is 20.2. The van der Waals surface area contributed by atoms with Crippen molar-refractivity contribution in [1.29, 1.82) is 0 Å². The van der Waals surface area contributed by atoms with Crippen LogP contribution in [0.15, 0.2) is 53.7 Å². The molecule has 134 valence electrons. The van der Waals surface area contributed by atoms with Crippen LogP contribution in [0, 0.1) is 5.82 Å². The maximum Gasteiger partial charge on any atom is 0.191 e. The quantitative estimate of drug-likeness (QED) is 0.484. The minimum atomic E-state index is -0.381. The van der Waals surface area contributed by atoms with Gasteiger partial charge in [-0.2, -0.15) is 0 Å². The van der Waals surface area contributed by atoms with Crippen LogP contribution in [0.3, 0.4) is 0 Å². The Balaban J connectivity index is 1.82. The molecular weight excluding hydrogens is 353 g/mol. The molecule has 0 aliphatic heterocycles. The first-order valence-electron chi connectivity index (χ1n) is 8.00. The zero-order valence-corrected chi connectivity index (χ0v) is 15.5. The molecule has 3 rings (SSSR count). The molecule has 1 unspecified atom stereocenters. The number of carbonyl (C=O) groups is 1. The largest absolute Gasteiger partial charge is 0.496 e. The van der Waals surface area contributed by atoms with Gasteiger partial charge in [0.05, 0.1) is 17.9 Å². The molecule has 3 aromatic rings. The second-order valence-electron chi connectivity index (χ2n) is 5.70. The number of rotatable bonds is 6. The molecule has 0 aliphatic rings. The molecule has 0 fully saturated rings. The predicted octanol–water partition coefficient (Wildman–Crippen LogP) is 3.99. The van der Waals surface area contributed by atoms with Crippen molar-refractivity contribution in [2.45, 2.75) is 17.3 Å². The lowest BCUT2D eigenvalue weighted by atomic mass is 10.1. The minimum Gasteiger partial charge on any atom is -0.496 e. The highest BCUT2D eigenvalue weighted by atomic mass is 32.2. The molecule has 0 bridgehead atoms. The van der Waals surface area contributed by atoms with Crippen LogP contribution >= 0.6 is 11.8 Å². The fraction of sp³-hybridized carbons (Fsp3) is 0.211. The molecule has 0 aliphatic carbocycles. The number of methoxy groups -OCH3 is 1. The lowest BCUT2D eigenvalue weighted by molar-refractivity contribution is 0.0994. The Morgan fingerprint density at radius 1 is 1.15 bits per heavy atom. The number of carbonyl (C=O) groups excluding carboxylic acids is 1. The third-order valence-corrected chi connectivity index (χ3v) is 5.10. The average molecular weight is 371 g/mol. The van der Waals surface area contributed by atoms with Crippen molar-refractivity contribution in [1.82, 2.24) is 14.8 Å². The first-order chi connectivity index (χ1) is 12.5. The van der Waals surface area contributed by atoms with E-state index in [1.165, 1.54) is 36.0 Å². The van der Waals surface area contributed by atoms with Gasteiger partial charge in [0.1, 0.15) is 11.6 Å². The summed E-state index contributed by atoms with van der Waals surface area (Å²) in [6, 6.07) is 13.1. The summed E-state index contributed by atoms with van der Waals surface area (Å²) in [5.74, 6) is 0.912. The van der Waals surface area contributed by atoms with Gasteiger partial charge in [0, 0.05) is 12.6 Å². The van der Waals surface area contributed by atoms with Crippen molar-refractivity contribution < 1.29 is 13.9 Å². The summed E-state index contributed by atoms with van der Waals surface area (Å²) in [4.78, 5) is 12.5. The van der Waals surface area contributed by atoms with Crippen LogP contribution in [0.4, 0.5) is 4.39 Å². The lowest BCUT2D eigenvalue weighted by Gasteiger charge is -2.11. The maximum atomic E-state index is 13.0. The number of para-hydroxylation sites is 1. The smallest absolute Gasteiger partial charge is 0.191 e. The summed E-state index contributed by atoms with van der Waals surface area (Å²) in [7, 11) is 3.45. The number of hydrogen-bond donors (Lipinski definition) is 0. The van der Waals surface area contributed by atoms with Crippen molar-refractivity contribution in [2.75, 3.05) is 7.11 Å². The Labute approximate surface area is 155 Å². The van der Waals surface area contributed by atoms with Crippen LogP contribution in [0.5, 0.6) is 5.75 Å². The molecule has 0 N–H and O–H groups in total. The van der Waals surface area contributed by atoms with E-state index in [1.807, 2.05) is 35.9 Å². The van der Waals surface area contributed by atoms with Gasteiger partial charge in [-0.3, -0.25) is 4.79 Å². The van der Waals surface area contributed by atoms with E-state index in [4.69, 9.17) is 4.74 Å². The fourth-order valence-corrected chi connectivity index (χ4v) is 3.43. The number of halogens is 1. The third kappa shape index (κ3) is 3.62. The molecule has 0 saturated carbocycles. The summed E-state index contributed by atoms with van der Waals surface area (Å²) in [6.45, 7) is 1.80. The Bertz CT molecular complexity index is 925. The summed E-state index contributed by atoms with van der Waals surface area (Å²) >= 11 is 1.31. The van der Waals surface area contributed by atoms with E-state index in [0.717, 1.165) is 5.56 Å². The highest BCUT2D eigenvalue weighted by molar-refractivity contribution is 8.00. The van der Waals surface area contributed by atoms with Crippen LogP contribution < -0.4 is 4.74 Å². The molecular formula is C19H18FN3O2S. The summed E-state index contributed by atoms with van der Waals surface area (Å²) in [6.07, 6.45) is 0. The van der Waals surface area contributed by atoms with Gasteiger partial charge in [-0.05, 0) is 43.3 Å². The fourth-order valence-electron chi connectivity index (χ4n) is 2.54. The van der Waals surface area contributed by atoms with Gasteiger partial charge >= 0.3 is 0 Å². The molecule has 0 amide bonds. The van der Waals surface area contributed by atoms with Crippen LogP contribution in [0.1, 0.15) is 17.3 Å². The van der Waals surface area contributed by atoms with Crippen molar-refractivity contribution in [3.05, 3.63) is 59.9 Å². The standard InChI is InChI=1S/C19H18FN3O2S/c1-12(17(24)13-8-10-14(20)11-9-13)26-19-22-21-18(23(19)2)15-6-4-5-7-16(15)25-3/h4-12H,1-3H3. The number of ether oxygens (including phenoxy) is 1. The SMILES string of the molecule is COc1ccccc1-c1nnc(SC(C)C(=O)c2ccc(F)cc2)n1C. The molecule has 2 aromatic carbocycles. The number of hydrogen-bond acceptors (Lipinski definition) is 5. The summed E-state index contributed by atoms with van der Waals surface area (Å²) in [5, 5.41) is 8.69. The summed E-state index contributed by atoms with van der Waals surface area (Å²) in [5.41, 5.74) is 1.30. The van der Waals surface area contributed by atoms with Gasteiger partial charge in [0.15, 0.2) is 16.8 Å². The van der Waals surface area contributed by atoms with E-state index < -0.39 is 0 Å². The number of ketones is 1. The second-order valence-corrected chi connectivity index (χ2v) is 7.00. The van der Waals surface area contributed by atoms with Gasteiger partial charge in [-0.15, -0.1) is 10.2 Å². The average Bonchev–Trinajstić information content (AvgIpc) is 3.02. The van der Waals surface area contributed by atoms with E-state index in [9.17, 15) is 9.18 Å². The number of thioether (sulfide) groups is 1. The van der Waals surface area contributed by atoms with E-state index in [1.54, 1.807) is 14.0 Å². The van der Waals surface area contributed by atoms with Gasteiger partial charge in [0.2, 0.25) is 0 Å². The molecule has 0 spiro atoms. The molecule has 5 nitrogen and oxygen atoms in total. The highest BCUT2D eigenvalue weighted by Crippen LogP contribution is 2.31. The lowest BCUT2D eigenvalue weighted by Crippen LogP contribution is -2.14. The molecule has 0 saturated heterocycles. The number of benzene rings is 2. The monoisotopic (exact) mass is 371 g/mol. The van der Waals surface area contributed by atoms with Crippen molar-refractivity contribution in [3.63, 3.8) is 0 Å². The molecule has 26 heavy (non-hydrogen) atoms.